The minimum Gasteiger partial charge on any atom is -0.550 e. The lowest BCUT2D eigenvalue weighted by molar-refractivity contribution is -0.306. The van der Waals surface area contributed by atoms with Crippen LogP contribution >= 0.6 is 15.9 Å². The minimum absolute atomic E-state index is 0.0719. The van der Waals surface area contributed by atoms with E-state index < -0.39 is 5.97 Å². The monoisotopic (exact) mass is 426 g/mol. The van der Waals surface area contributed by atoms with Gasteiger partial charge in [0.25, 0.3) is 0 Å². The van der Waals surface area contributed by atoms with Crippen LogP contribution < -0.4 is 9.84 Å². The lowest BCUT2D eigenvalue weighted by atomic mass is 9.90. The van der Waals surface area contributed by atoms with Gasteiger partial charge in [0.2, 0.25) is 0 Å². The summed E-state index contributed by atoms with van der Waals surface area (Å²) in [5.41, 5.74) is 4.26. The van der Waals surface area contributed by atoms with Crippen molar-refractivity contribution in [2.24, 2.45) is 0 Å². The molecule has 2 aromatic carbocycles. The van der Waals surface area contributed by atoms with Crippen molar-refractivity contribution in [3.8, 4) is 5.75 Å². The number of aromatic nitrogens is 1. The number of aliphatic carboxylic acids is 1. The molecule has 27 heavy (non-hydrogen) atoms. The van der Waals surface area contributed by atoms with Gasteiger partial charge >= 0.3 is 0 Å². The van der Waals surface area contributed by atoms with Crippen LogP contribution in [0.15, 0.2) is 46.9 Å². The highest BCUT2D eigenvalue weighted by atomic mass is 79.9. The van der Waals surface area contributed by atoms with Crippen molar-refractivity contribution < 1.29 is 14.6 Å². The first-order valence-electron chi connectivity index (χ1n) is 9.05. The van der Waals surface area contributed by atoms with Crippen molar-refractivity contribution in [2.45, 2.75) is 38.1 Å². The SMILES string of the molecule is COc1ccc2c(c1)c(C1(CC(=O)[O-])CC1)c(C)n2Cc1ccc(Br)cc1. The molecule has 0 saturated heterocycles. The molecule has 0 aliphatic heterocycles. The average Bonchev–Trinajstić information content (AvgIpc) is 3.34. The van der Waals surface area contributed by atoms with Gasteiger partial charge in [0.05, 0.1) is 7.11 Å². The number of ether oxygens (including phenoxy) is 1. The smallest absolute Gasteiger partial charge is 0.119 e. The fraction of sp³-hybridized carbons (Fsp3) is 0.318. The Hall–Kier alpha value is -2.27. The Bertz CT molecular complexity index is 1020. The van der Waals surface area contributed by atoms with Crippen molar-refractivity contribution in [1.82, 2.24) is 4.57 Å². The fourth-order valence-corrected chi connectivity index (χ4v) is 4.44. The highest BCUT2D eigenvalue weighted by molar-refractivity contribution is 9.10. The number of carboxylic acid groups (broad SMARTS) is 1. The molecule has 0 bridgehead atoms. The van der Waals surface area contributed by atoms with Gasteiger partial charge in [-0.3, -0.25) is 0 Å². The van der Waals surface area contributed by atoms with Crippen LogP contribution in [0.25, 0.3) is 10.9 Å². The molecule has 1 fully saturated rings. The zero-order valence-corrected chi connectivity index (χ0v) is 17.0. The fourth-order valence-electron chi connectivity index (χ4n) is 4.18. The third-order valence-corrected chi connectivity index (χ3v) is 6.18. The first-order chi connectivity index (χ1) is 12.9. The molecule has 5 heteroatoms. The molecular weight excluding hydrogens is 406 g/mol. The first-order valence-corrected chi connectivity index (χ1v) is 9.84. The van der Waals surface area contributed by atoms with Gasteiger partial charge in [0.1, 0.15) is 5.75 Å². The van der Waals surface area contributed by atoms with E-state index in [0.717, 1.165) is 51.8 Å². The number of hydrogen-bond acceptors (Lipinski definition) is 3. The van der Waals surface area contributed by atoms with E-state index in [1.165, 1.54) is 5.56 Å². The van der Waals surface area contributed by atoms with E-state index in [2.05, 4.69) is 45.6 Å². The summed E-state index contributed by atoms with van der Waals surface area (Å²) in [6.45, 7) is 2.83. The maximum absolute atomic E-state index is 11.4. The van der Waals surface area contributed by atoms with Crippen molar-refractivity contribution in [2.75, 3.05) is 7.11 Å². The first kappa shape index (κ1) is 18.1. The molecule has 0 N–H and O–H groups in total. The van der Waals surface area contributed by atoms with Gasteiger partial charge in [-0.05, 0) is 67.6 Å². The second-order valence-corrected chi connectivity index (χ2v) is 8.30. The third-order valence-electron chi connectivity index (χ3n) is 5.65. The van der Waals surface area contributed by atoms with Crippen LogP contribution in [0.5, 0.6) is 5.75 Å². The van der Waals surface area contributed by atoms with E-state index in [4.69, 9.17) is 4.74 Å². The Balaban J connectivity index is 1.88. The molecule has 0 amide bonds. The summed E-state index contributed by atoms with van der Waals surface area (Å²) in [6, 6.07) is 14.3. The number of carbonyl (C=O) groups excluding carboxylic acids is 1. The summed E-state index contributed by atoms with van der Waals surface area (Å²) in [4.78, 5) is 11.4. The maximum atomic E-state index is 11.4. The highest BCUT2D eigenvalue weighted by Crippen LogP contribution is 2.55. The quantitative estimate of drug-likeness (QED) is 0.599. The van der Waals surface area contributed by atoms with Crippen molar-refractivity contribution >= 4 is 32.8 Å². The number of fused-ring (bicyclic) bond motifs is 1. The van der Waals surface area contributed by atoms with Gasteiger partial charge in [-0.25, -0.2) is 0 Å². The predicted octanol–water partition coefficient (Wildman–Crippen LogP) is 3.94. The van der Waals surface area contributed by atoms with Crippen molar-refractivity contribution in [3.63, 3.8) is 0 Å². The summed E-state index contributed by atoms with van der Waals surface area (Å²) in [7, 11) is 1.65. The van der Waals surface area contributed by atoms with Crippen LogP contribution in [0.3, 0.4) is 0 Å². The number of methoxy groups -OCH3 is 1. The molecule has 1 aromatic heterocycles. The molecule has 0 spiro atoms. The molecule has 0 atom stereocenters. The maximum Gasteiger partial charge on any atom is 0.119 e. The number of benzene rings is 2. The summed E-state index contributed by atoms with van der Waals surface area (Å²) in [5.74, 6) is -0.197. The topological polar surface area (TPSA) is 54.3 Å². The van der Waals surface area contributed by atoms with E-state index in [1.807, 2.05) is 24.3 Å². The molecule has 0 unspecified atom stereocenters. The van der Waals surface area contributed by atoms with Crippen molar-refractivity contribution in [1.29, 1.82) is 0 Å². The van der Waals surface area contributed by atoms with E-state index in [0.29, 0.717) is 0 Å². The normalized spacial score (nSPS) is 15.1. The average molecular weight is 427 g/mol. The molecule has 4 rings (SSSR count). The summed E-state index contributed by atoms with van der Waals surface area (Å²) < 4.78 is 8.76. The standard InChI is InChI=1S/C22H22BrNO3/c1-14-21(22(9-10-22)12-20(25)26)18-11-17(27-2)7-8-19(18)24(14)13-15-3-5-16(23)6-4-15/h3-8,11H,9-10,12-13H2,1-2H3,(H,25,26)/p-1. The van der Waals surface area contributed by atoms with Crippen LogP contribution in [0.2, 0.25) is 0 Å². The van der Waals surface area contributed by atoms with Gasteiger partial charge in [0, 0.05) is 39.0 Å². The number of rotatable bonds is 6. The Kier molecular flexibility index (Phi) is 4.50. The summed E-state index contributed by atoms with van der Waals surface area (Å²) in [5, 5.41) is 12.5. The number of halogens is 1. The number of hydrogen-bond donors (Lipinski definition) is 0. The van der Waals surface area contributed by atoms with Crippen LogP contribution in [0, 0.1) is 6.92 Å². The lowest BCUT2D eigenvalue weighted by Gasteiger charge is -2.17. The molecule has 3 aromatic rings. The molecule has 4 nitrogen and oxygen atoms in total. The molecule has 0 radical (unpaired) electrons. The Labute approximate surface area is 166 Å². The van der Waals surface area contributed by atoms with Gasteiger partial charge in [-0.1, -0.05) is 28.1 Å². The van der Waals surface area contributed by atoms with Gasteiger partial charge in [0.15, 0.2) is 0 Å². The molecule has 1 aliphatic rings. The second kappa shape index (κ2) is 6.71. The minimum atomic E-state index is -0.983. The molecule has 1 heterocycles. The van der Waals surface area contributed by atoms with Crippen LogP contribution in [-0.2, 0) is 16.8 Å². The Morgan fingerprint density at radius 2 is 1.93 bits per heavy atom. The number of carboxylic acids is 1. The molecule has 1 saturated carbocycles. The Morgan fingerprint density at radius 3 is 2.52 bits per heavy atom. The second-order valence-electron chi connectivity index (χ2n) is 7.39. The van der Waals surface area contributed by atoms with Crippen LogP contribution in [0.4, 0.5) is 0 Å². The Morgan fingerprint density at radius 1 is 1.22 bits per heavy atom. The number of carbonyl (C=O) groups is 1. The van der Waals surface area contributed by atoms with Gasteiger partial charge in [-0.2, -0.15) is 0 Å². The zero-order chi connectivity index (χ0) is 19.2. The number of nitrogens with zero attached hydrogens (tertiary/aromatic N) is 1. The predicted molar refractivity (Wildman–Crippen MR) is 107 cm³/mol. The van der Waals surface area contributed by atoms with E-state index in [1.54, 1.807) is 7.11 Å². The van der Waals surface area contributed by atoms with Crippen LogP contribution in [-0.4, -0.2) is 17.6 Å². The third kappa shape index (κ3) is 3.25. The van der Waals surface area contributed by atoms with E-state index >= 15 is 0 Å². The van der Waals surface area contributed by atoms with Crippen molar-refractivity contribution in [3.05, 3.63) is 63.8 Å². The summed E-state index contributed by atoms with van der Waals surface area (Å²) >= 11 is 3.48. The van der Waals surface area contributed by atoms with Crippen LogP contribution in [0.1, 0.15) is 36.1 Å². The summed E-state index contributed by atoms with van der Waals surface area (Å²) in [6.07, 6.45) is 1.84. The lowest BCUT2D eigenvalue weighted by Crippen LogP contribution is -2.27. The molecular formula is C22H21BrNO3-. The van der Waals surface area contributed by atoms with Gasteiger partial charge in [-0.15, -0.1) is 0 Å². The van der Waals surface area contributed by atoms with E-state index in [9.17, 15) is 9.90 Å². The molecule has 140 valence electrons. The highest BCUT2D eigenvalue weighted by Gasteiger charge is 2.47. The van der Waals surface area contributed by atoms with Gasteiger partial charge < -0.3 is 19.2 Å². The largest absolute Gasteiger partial charge is 0.550 e. The van der Waals surface area contributed by atoms with E-state index in [-0.39, 0.29) is 11.8 Å². The zero-order valence-electron chi connectivity index (χ0n) is 15.4. The molecule has 1 aliphatic carbocycles.